The number of benzene rings is 1. The van der Waals surface area contributed by atoms with E-state index in [4.69, 9.17) is 0 Å². The molecule has 1 rings (SSSR count). The normalized spacial score (nSPS) is 12.2. The molecule has 8 heteroatoms. The maximum Gasteiger partial charge on any atom is 0.306 e. The lowest BCUT2D eigenvalue weighted by atomic mass is 10.2. The lowest BCUT2D eigenvalue weighted by Crippen LogP contribution is -2.08. The van der Waals surface area contributed by atoms with E-state index in [1.54, 1.807) is 6.92 Å². The van der Waals surface area contributed by atoms with Crippen LogP contribution in [0.25, 0.3) is 0 Å². The smallest absolute Gasteiger partial charge is 0.306 e. The summed E-state index contributed by atoms with van der Waals surface area (Å²) in [7, 11) is -7.21. The summed E-state index contributed by atoms with van der Waals surface area (Å²) in [5, 5.41) is 0. The lowest BCUT2D eigenvalue weighted by Gasteiger charge is -2.08. The number of hydrogen-bond donors (Lipinski definition) is 0. The van der Waals surface area contributed by atoms with Crippen LogP contribution in [0.2, 0.25) is 0 Å². The summed E-state index contributed by atoms with van der Waals surface area (Å²) < 4.78 is 52.9. The Morgan fingerprint density at radius 3 is 1.88 bits per heavy atom. The predicted octanol–water partition coefficient (Wildman–Crippen LogP) is 0.672. The molecule has 0 radical (unpaired) electrons. The first-order chi connectivity index (χ1) is 7.57. The first-order valence-electron chi connectivity index (χ1n) is 4.46. The van der Waals surface area contributed by atoms with Crippen molar-refractivity contribution in [3.05, 3.63) is 23.8 Å². The van der Waals surface area contributed by atoms with Gasteiger partial charge in [0.2, 0.25) is 0 Å². The van der Waals surface area contributed by atoms with Crippen LogP contribution in [0.4, 0.5) is 0 Å². The maximum atomic E-state index is 10.9. The van der Waals surface area contributed by atoms with E-state index in [1.165, 1.54) is 18.2 Å². The molecule has 0 bridgehead atoms. The molecule has 1 aromatic rings. The molecule has 0 saturated heterocycles. The van der Waals surface area contributed by atoms with Crippen molar-refractivity contribution >= 4 is 20.2 Å². The zero-order valence-corrected chi connectivity index (χ0v) is 11.1. The second-order valence-corrected chi connectivity index (χ2v) is 6.65. The molecule has 1 aromatic carbocycles. The molecule has 0 aliphatic carbocycles. The summed E-state index contributed by atoms with van der Waals surface area (Å²) in [5.41, 5.74) is 0.455. The minimum absolute atomic E-state index is 0.103. The summed E-state index contributed by atoms with van der Waals surface area (Å²) in [4.78, 5) is 0. The Bertz CT molecular complexity index is 615. The molecule has 96 valence electrons. The van der Waals surface area contributed by atoms with Gasteiger partial charge in [0.25, 0.3) is 0 Å². The van der Waals surface area contributed by atoms with Crippen molar-refractivity contribution in [3.8, 4) is 11.5 Å². The zero-order chi connectivity index (χ0) is 13.3. The van der Waals surface area contributed by atoms with Crippen molar-refractivity contribution in [3.63, 3.8) is 0 Å². The average Bonchev–Trinajstić information content (AvgIpc) is 2.05. The van der Waals surface area contributed by atoms with Crippen LogP contribution in [0.5, 0.6) is 11.5 Å². The molecule has 0 aliphatic heterocycles. The van der Waals surface area contributed by atoms with Gasteiger partial charge >= 0.3 is 20.2 Å². The second kappa shape index (κ2) is 4.53. The SMILES string of the molecule is Cc1cc(OS(C)(=O)=O)ccc1OS(C)(=O)=O. The molecule has 0 heterocycles. The number of aryl methyl sites for hydroxylation is 1. The quantitative estimate of drug-likeness (QED) is 0.753. The molecule has 0 atom stereocenters. The molecule has 0 saturated carbocycles. The van der Waals surface area contributed by atoms with Gasteiger partial charge in [0.1, 0.15) is 11.5 Å². The zero-order valence-electron chi connectivity index (χ0n) is 9.50. The largest absolute Gasteiger partial charge is 0.383 e. The third-order valence-corrected chi connectivity index (χ3v) is 2.61. The van der Waals surface area contributed by atoms with E-state index in [0.29, 0.717) is 5.56 Å². The standard InChI is InChI=1S/C9H12O6S2/c1-7-6-8(14-16(2,10)11)4-5-9(7)15-17(3,12)13/h4-6H,1-3H3. The fourth-order valence-electron chi connectivity index (χ4n) is 1.11. The van der Waals surface area contributed by atoms with Gasteiger partial charge in [-0.1, -0.05) is 0 Å². The Balaban J connectivity index is 3.02. The fraction of sp³-hybridized carbons (Fsp3) is 0.333. The average molecular weight is 280 g/mol. The lowest BCUT2D eigenvalue weighted by molar-refractivity contribution is 0.482. The number of hydrogen-bond acceptors (Lipinski definition) is 6. The molecule has 6 nitrogen and oxygen atoms in total. The van der Waals surface area contributed by atoms with Gasteiger partial charge in [-0.3, -0.25) is 0 Å². The molecule has 0 amide bonds. The van der Waals surface area contributed by atoms with E-state index in [1.807, 2.05) is 0 Å². The highest BCUT2D eigenvalue weighted by Gasteiger charge is 2.10. The van der Waals surface area contributed by atoms with Crippen LogP contribution >= 0.6 is 0 Å². The van der Waals surface area contributed by atoms with Crippen molar-refractivity contribution in [2.75, 3.05) is 12.5 Å². The fourth-order valence-corrected chi connectivity index (χ4v) is 2.07. The van der Waals surface area contributed by atoms with Crippen molar-refractivity contribution in [2.45, 2.75) is 6.92 Å². The Kier molecular flexibility index (Phi) is 3.68. The summed E-state index contributed by atoms with van der Waals surface area (Å²) >= 11 is 0. The minimum atomic E-state index is -3.61. The van der Waals surface area contributed by atoms with Gasteiger partial charge in [0.05, 0.1) is 12.5 Å². The Morgan fingerprint density at radius 1 is 0.941 bits per heavy atom. The summed E-state index contributed by atoms with van der Waals surface area (Å²) in [6, 6.07) is 4.02. The Labute approximate surface area is 100 Å². The van der Waals surface area contributed by atoms with E-state index in [2.05, 4.69) is 8.37 Å². The Morgan fingerprint density at radius 2 is 1.47 bits per heavy atom. The monoisotopic (exact) mass is 280 g/mol. The predicted molar refractivity (Wildman–Crippen MR) is 62.1 cm³/mol. The Hall–Kier alpha value is -1.28. The molecule has 0 unspecified atom stereocenters. The van der Waals surface area contributed by atoms with Crippen LogP contribution in [-0.4, -0.2) is 29.3 Å². The first-order valence-corrected chi connectivity index (χ1v) is 8.10. The van der Waals surface area contributed by atoms with Gasteiger partial charge in [-0.25, -0.2) is 0 Å². The second-order valence-electron chi connectivity index (χ2n) is 3.50. The van der Waals surface area contributed by atoms with Crippen LogP contribution in [0.1, 0.15) is 5.56 Å². The van der Waals surface area contributed by atoms with E-state index in [-0.39, 0.29) is 11.5 Å². The number of rotatable bonds is 4. The van der Waals surface area contributed by atoms with E-state index >= 15 is 0 Å². The van der Waals surface area contributed by atoms with Crippen LogP contribution in [-0.2, 0) is 20.2 Å². The highest BCUT2D eigenvalue weighted by Crippen LogP contribution is 2.25. The topological polar surface area (TPSA) is 86.7 Å². The summed E-state index contributed by atoms with van der Waals surface area (Å²) in [6.45, 7) is 1.58. The molecule has 0 N–H and O–H groups in total. The molecule has 0 fully saturated rings. The highest BCUT2D eigenvalue weighted by atomic mass is 32.2. The molecule has 0 aromatic heterocycles. The molecular formula is C9H12O6S2. The van der Waals surface area contributed by atoms with Crippen molar-refractivity contribution in [1.82, 2.24) is 0 Å². The highest BCUT2D eigenvalue weighted by molar-refractivity contribution is 7.86. The van der Waals surface area contributed by atoms with Crippen molar-refractivity contribution in [1.29, 1.82) is 0 Å². The molecule has 0 spiro atoms. The third kappa shape index (κ3) is 5.05. The van der Waals surface area contributed by atoms with E-state index < -0.39 is 20.2 Å². The van der Waals surface area contributed by atoms with E-state index in [0.717, 1.165) is 12.5 Å². The molecule has 0 aliphatic rings. The van der Waals surface area contributed by atoms with Crippen LogP contribution in [0.3, 0.4) is 0 Å². The van der Waals surface area contributed by atoms with Crippen molar-refractivity contribution in [2.24, 2.45) is 0 Å². The van der Waals surface area contributed by atoms with Gasteiger partial charge in [-0.15, -0.1) is 0 Å². The molecular weight excluding hydrogens is 268 g/mol. The van der Waals surface area contributed by atoms with Gasteiger partial charge in [0, 0.05) is 0 Å². The van der Waals surface area contributed by atoms with Crippen LogP contribution in [0, 0.1) is 6.92 Å². The summed E-state index contributed by atoms with van der Waals surface area (Å²) in [6.07, 6.45) is 1.84. The minimum Gasteiger partial charge on any atom is -0.383 e. The first kappa shape index (κ1) is 13.8. The maximum absolute atomic E-state index is 10.9. The van der Waals surface area contributed by atoms with Gasteiger partial charge in [-0.2, -0.15) is 16.8 Å². The molecule has 17 heavy (non-hydrogen) atoms. The van der Waals surface area contributed by atoms with Crippen molar-refractivity contribution < 1.29 is 25.2 Å². The van der Waals surface area contributed by atoms with Crippen LogP contribution < -0.4 is 8.37 Å². The van der Waals surface area contributed by atoms with E-state index in [9.17, 15) is 16.8 Å². The van der Waals surface area contributed by atoms with Crippen LogP contribution in [0.15, 0.2) is 18.2 Å². The van der Waals surface area contributed by atoms with Gasteiger partial charge < -0.3 is 8.37 Å². The summed E-state index contributed by atoms with van der Waals surface area (Å²) in [5.74, 6) is 0.235. The third-order valence-electron chi connectivity index (χ3n) is 1.64. The van der Waals surface area contributed by atoms with Gasteiger partial charge in [0.15, 0.2) is 0 Å². The van der Waals surface area contributed by atoms with Gasteiger partial charge in [-0.05, 0) is 30.7 Å².